The normalized spacial score (nSPS) is 15.1. The van der Waals surface area contributed by atoms with Gasteiger partial charge in [0.2, 0.25) is 0 Å². The lowest BCUT2D eigenvalue weighted by atomic mass is 10.1. The molecule has 1 aliphatic rings. The molecule has 3 rings (SSSR count). The van der Waals surface area contributed by atoms with Gasteiger partial charge in [-0.25, -0.2) is 4.79 Å². The van der Waals surface area contributed by atoms with E-state index in [2.05, 4.69) is 53.4 Å². The first-order valence-corrected chi connectivity index (χ1v) is 9.78. The third-order valence-electron chi connectivity index (χ3n) is 4.95. The molecule has 1 N–H and O–H groups in total. The zero-order valence-electron chi connectivity index (χ0n) is 16.6. The number of aromatic nitrogens is 2. The minimum atomic E-state index is -0.404. The summed E-state index contributed by atoms with van der Waals surface area (Å²) in [6, 6.07) is 10.6. The molecule has 0 aliphatic carbocycles. The van der Waals surface area contributed by atoms with E-state index in [9.17, 15) is 4.79 Å². The van der Waals surface area contributed by atoms with Gasteiger partial charge in [-0.1, -0.05) is 18.6 Å². The van der Waals surface area contributed by atoms with Gasteiger partial charge in [-0.15, -0.1) is 0 Å². The molecule has 1 aliphatic heterocycles. The summed E-state index contributed by atoms with van der Waals surface area (Å²) in [6.07, 6.45) is 3.97. The minimum absolute atomic E-state index is 0.172. The lowest BCUT2D eigenvalue weighted by Crippen LogP contribution is -2.29. The molecule has 6 nitrogen and oxygen atoms in total. The van der Waals surface area contributed by atoms with Crippen LogP contribution in [-0.4, -0.2) is 40.8 Å². The molecule has 0 bridgehead atoms. The number of carbonyl (C=O) groups excluding carboxylic acids is 1. The van der Waals surface area contributed by atoms with Crippen molar-refractivity contribution in [1.82, 2.24) is 14.7 Å². The maximum atomic E-state index is 11.8. The number of benzene rings is 1. The van der Waals surface area contributed by atoms with E-state index in [1.807, 2.05) is 4.68 Å². The molecule has 2 aromatic rings. The highest BCUT2D eigenvalue weighted by molar-refractivity contribution is 5.87. The van der Waals surface area contributed by atoms with Crippen LogP contribution in [0.4, 0.5) is 5.69 Å². The van der Waals surface area contributed by atoms with Crippen molar-refractivity contribution in [2.75, 3.05) is 25.5 Å². The molecule has 0 saturated carbocycles. The summed E-state index contributed by atoms with van der Waals surface area (Å²) >= 11 is 0. The van der Waals surface area contributed by atoms with E-state index in [0.717, 1.165) is 17.9 Å². The van der Waals surface area contributed by atoms with E-state index >= 15 is 0 Å². The van der Waals surface area contributed by atoms with E-state index < -0.39 is 5.97 Å². The molecule has 6 heteroatoms. The summed E-state index contributed by atoms with van der Waals surface area (Å²) in [7, 11) is 1.38. The molecule has 1 fully saturated rings. The number of methoxy groups -OCH3 is 1. The van der Waals surface area contributed by atoms with Crippen LogP contribution in [0.1, 0.15) is 60.9 Å². The third kappa shape index (κ3) is 5.10. The zero-order valence-corrected chi connectivity index (χ0v) is 16.6. The molecule has 0 unspecified atom stereocenters. The third-order valence-corrected chi connectivity index (χ3v) is 4.95. The van der Waals surface area contributed by atoms with E-state index in [1.165, 1.54) is 45.0 Å². The fraction of sp³-hybridized carbons (Fsp3) is 0.524. The smallest absolute Gasteiger partial charge is 0.358 e. The first-order chi connectivity index (χ1) is 13.1. The van der Waals surface area contributed by atoms with Crippen LogP contribution in [0.25, 0.3) is 0 Å². The minimum Gasteiger partial charge on any atom is -0.464 e. The van der Waals surface area contributed by atoms with Gasteiger partial charge in [0, 0.05) is 18.3 Å². The zero-order chi connectivity index (χ0) is 19.2. The Morgan fingerprint density at radius 1 is 1.22 bits per heavy atom. The number of ether oxygens (including phenoxy) is 1. The summed E-state index contributed by atoms with van der Waals surface area (Å²) < 4.78 is 6.67. The predicted octanol–water partition coefficient (Wildman–Crippen LogP) is 3.85. The average Bonchev–Trinajstić information content (AvgIpc) is 3.11. The number of hydrogen-bond donors (Lipinski definition) is 1. The Morgan fingerprint density at radius 2 is 2.00 bits per heavy atom. The van der Waals surface area contributed by atoms with Crippen molar-refractivity contribution in [1.29, 1.82) is 0 Å². The summed E-state index contributed by atoms with van der Waals surface area (Å²) in [6.45, 7) is 8.11. The fourth-order valence-corrected chi connectivity index (χ4v) is 3.56. The van der Waals surface area contributed by atoms with Crippen LogP contribution in [0.3, 0.4) is 0 Å². The van der Waals surface area contributed by atoms with Crippen molar-refractivity contribution < 1.29 is 9.53 Å². The number of carbonyl (C=O) groups is 1. The van der Waals surface area contributed by atoms with Crippen LogP contribution in [-0.2, 0) is 17.8 Å². The molecule has 0 amide bonds. The van der Waals surface area contributed by atoms with Crippen molar-refractivity contribution >= 4 is 11.7 Å². The number of rotatable bonds is 7. The first kappa shape index (κ1) is 19.4. The Kier molecular flexibility index (Phi) is 6.50. The van der Waals surface area contributed by atoms with Crippen LogP contribution in [0.15, 0.2) is 30.3 Å². The highest BCUT2D eigenvalue weighted by atomic mass is 16.5. The fourth-order valence-electron chi connectivity index (χ4n) is 3.56. The molecular weight excluding hydrogens is 340 g/mol. The molecule has 2 heterocycles. The first-order valence-electron chi connectivity index (χ1n) is 9.78. The summed E-state index contributed by atoms with van der Waals surface area (Å²) in [4.78, 5) is 14.3. The highest BCUT2D eigenvalue weighted by Crippen LogP contribution is 2.18. The summed E-state index contributed by atoms with van der Waals surface area (Å²) in [5, 5.41) is 7.86. The lowest BCUT2D eigenvalue weighted by molar-refractivity contribution is 0.0593. The SMILES string of the molecule is COC(=O)c1cc(CNc2cccc(CN3CCCCC3)c2)n(C(C)C)n1. The second kappa shape index (κ2) is 9.04. The summed E-state index contributed by atoms with van der Waals surface area (Å²) in [5.74, 6) is -0.404. The quantitative estimate of drug-likeness (QED) is 0.750. The standard InChI is InChI=1S/C21H30N4O2/c1-16(2)25-19(13-20(23-25)21(26)27-3)14-22-18-9-7-8-17(12-18)15-24-10-5-4-6-11-24/h7-9,12-13,16,22H,4-6,10-11,14-15H2,1-3H3. The van der Waals surface area contributed by atoms with Gasteiger partial charge in [0.05, 0.1) is 19.3 Å². The topological polar surface area (TPSA) is 59.4 Å². The maximum Gasteiger partial charge on any atom is 0.358 e. The van der Waals surface area contributed by atoms with Crippen LogP contribution >= 0.6 is 0 Å². The van der Waals surface area contributed by atoms with Crippen molar-refractivity contribution in [3.63, 3.8) is 0 Å². The number of nitrogens with one attached hydrogen (secondary N) is 1. The highest BCUT2D eigenvalue weighted by Gasteiger charge is 2.16. The number of piperidine rings is 1. The maximum absolute atomic E-state index is 11.8. The number of nitrogens with zero attached hydrogens (tertiary/aromatic N) is 3. The van der Waals surface area contributed by atoms with E-state index in [-0.39, 0.29) is 6.04 Å². The number of likely N-dealkylation sites (tertiary alicyclic amines) is 1. The Balaban J connectivity index is 1.66. The van der Waals surface area contributed by atoms with Gasteiger partial charge >= 0.3 is 5.97 Å². The molecule has 1 aromatic heterocycles. The molecular formula is C21H30N4O2. The molecule has 27 heavy (non-hydrogen) atoms. The van der Waals surface area contributed by atoms with Crippen LogP contribution < -0.4 is 5.32 Å². The largest absolute Gasteiger partial charge is 0.464 e. The second-order valence-corrected chi connectivity index (χ2v) is 7.44. The molecule has 146 valence electrons. The van der Waals surface area contributed by atoms with E-state index in [4.69, 9.17) is 4.74 Å². The van der Waals surface area contributed by atoms with Crippen molar-refractivity contribution in [2.45, 2.75) is 52.2 Å². The van der Waals surface area contributed by atoms with Gasteiger partial charge in [-0.3, -0.25) is 9.58 Å². The van der Waals surface area contributed by atoms with Gasteiger partial charge in [-0.05, 0) is 63.5 Å². The van der Waals surface area contributed by atoms with E-state index in [0.29, 0.717) is 12.2 Å². The Hall–Kier alpha value is -2.34. The Labute approximate surface area is 161 Å². The predicted molar refractivity (Wildman–Crippen MR) is 107 cm³/mol. The van der Waals surface area contributed by atoms with Crippen molar-refractivity contribution in [3.8, 4) is 0 Å². The molecule has 1 aromatic carbocycles. The number of anilines is 1. The monoisotopic (exact) mass is 370 g/mol. The second-order valence-electron chi connectivity index (χ2n) is 7.44. The average molecular weight is 370 g/mol. The Bertz CT molecular complexity index is 763. The van der Waals surface area contributed by atoms with Gasteiger partial charge in [0.25, 0.3) is 0 Å². The van der Waals surface area contributed by atoms with Gasteiger partial charge in [-0.2, -0.15) is 5.10 Å². The van der Waals surface area contributed by atoms with Gasteiger partial charge in [0.15, 0.2) is 5.69 Å². The van der Waals surface area contributed by atoms with Gasteiger partial charge in [0.1, 0.15) is 0 Å². The van der Waals surface area contributed by atoms with Crippen molar-refractivity contribution in [2.24, 2.45) is 0 Å². The van der Waals surface area contributed by atoms with E-state index in [1.54, 1.807) is 6.07 Å². The molecule has 0 radical (unpaired) electrons. The molecule has 1 saturated heterocycles. The summed E-state index contributed by atoms with van der Waals surface area (Å²) in [5.41, 5.74) is 3.73. The molecule has 0 atom stereocenters. The molecule has 0 spiro atoms. The lowest BCUT2D eigenvalue weighted by Gasteiger charge is -2.26. The number of hydrogen-bond acceptors (Lipinski definition) is 5. The van der Waals surface area contributed by atoms with Crippen LogP contribution in [0.2, 0.25) is 0 Å². The number of esters is 1. The van der Waals surface area contributed by atoms with Crippen LogP contribution in [0.5, 0.6) is 0 Å². The Morgan fingerprint density at radius 3 is 2.70 bits per heavy atom. The van der Waals surface area contributed by atoms with Crippen molar-refractivity contribution in [3.05, 3.63) is 47.3 Å². The van der Waals surface area contributed by atoms with Gasteiger partial charge < -0.3 is 10.1 Å². The van der Waals surface area contributed by atoms with Crippen LogP contribution in [0, 0.1) is 0 Å².